The van der Waals surface area contributed by atoms with Crippen LogP contribution in [0.15, 0.2) is 36.5 Å². The molecule has 0 radical (unpaired) electrons. The van der Waals surface area contributed by atoms with Crippen molar-refractivity contribution in [3.63, 3.8) is 0 Å². The Morgan fingerprint density at radius 3 is 2.45 bits per heavy atom. The number of rotatable bonds is 6. The predicted octanol–water partition coefficient (Wildman–Crippen LogP) is 5.26. The van der Waals surface area contributed by atoms with Gasteiger partial charge in [-0.25, -0.2) is 14.6 Å². The number of pyridine rings is 1. The van der Waals surface area contributed by atoms with Gasteiger partial charge in [0.25, 0.3) is 0 Å². The molecule has 1 aliphatic heterocycles. The Labute approximate surface area is 220 Å². The summed E-state index contributed by atoms with van der Waals surface area (Å²) in [6.07, 6.45) is -4.33. The monoisotopic (exact) mass is 537 g/mol. The van der Waals surface area contributed by atoms with Gasteiger partial charge in [0.2, 0.25) is 0 Å². The van der Waals surface area contributed by atoms with Crippen LogP contribution in [-0.2, 0) is 15.7 Å². The van der Waals surface area contributed by atoms with Crippen molar-refractivity contribution in [2.45, 2.75) is 58.5 Å². The van der Waals surface area contributed by atoms with E-state index in [0.29, 0.717) is 36.5 Å². The van der Waals surface area contributed by atoms with Crippen LogP contribution in [0.5, 0.6) is 5.75 Å². The number of carbonyl (C=O) groups excluding carboxylic acids is 2. The Kier molecular flexibility index (Phi) is 8.91. The molecule has 0 bridgehead atoms. The molecule has 1 fully saturated rings. The number of benzene rings is 1. The lowest BCUT2D eigenvalue weighted by Gasteiger charge is -2.41. The highest BCUT2D eigenvalue weighted by molar-refractivity contribution is 5.88. The second-order valence-electron chi connectivity index (χ2n) is 10.3. The molecular weight excluding hydrogens is 503 g/mol. The van der Waals surface area contributed by atoms with E-state index in [9.17, 15) is 22.8 Å². The molecule has 3 rings (SSSR count). The van der Waals surface area contributed by atoms with Gasteiger partial charge in [-0.3, -0.25) is 4.90 Å². The number of piperazine rings is 1. The van der Waals surface area contributed by atoms with Crippen molar-refractivity contribution in [3.05, 3.63) is 58.9 Å². The van der Waals surface area contributed by atoms with Gasteiger partial charge in [-0.2, -0.15) is 13.2 Å². The summed E-state index contributed by atoms with van der Waals surface area (Å²) in [7, 11) is 1.25. The molecule has 1 aliphatic rings. The number of amides is 1. The number of nitrogens with zero attached hydrogens (tertiary/aromatic N) is 3. The van der Waals surface area contributed by atoms with Crippen molar-refractivity contribution in [1.29, 1.82) is 0 Å². The summed E-state index contributed by atoms with van der Waals surface area (Å²) in [6, 6.07) is 6.45. The molecule has 208 valence electrons. The van der Waals surface area contributed by atoms with E-state index < -0.39 is 35.5 Å². The van der Waals surface area contributed by atoms with Gasteiger partial charge < -0.3 is 19.1 Å². The highest BCUT2D eigenvalue weighted by atomic mass is 19.4. The molecule has 0 aliphatic carbocycles. The van der Waals surface area contributed by atoms with Crippen LogP contribution in [0.25, 0.3) is 0 Å². The van der Waals surface area contributed by atoms with Gasteiger partial charge in [-0.05, 0) is 63.9 Å². The number of ether oxygens (including phenoxy) is 3. The van der Waals surface area contributed by atoms with Gasteiger partial charge in [0.15, 0.2) is 5.69 Å². The SMILES string of the molecule is COC(=O)c1ncc(OC(CN2CCN(C(=O)OC(C)(C)C)[C@H](C)C2)c2cccc(C(F)(F)F)c2)cc1C. The summed E-state index contributed by atoms with van der Waals surface area (Å²) in [5.74, 6) is -0.293. The Balaban J connectivity index is 1.83. The number of aromatic nitrogens is 1. The zero-order valence-electron chi connectivity index (χ0n) is 22.5. The van der Waals surface area contributed by atoms with Gasteiger partial charge in [0.1, 0.15) is 17.5 Å². The number of halogens is 3. The van der Waals surface area contributed by atoms with Crippen LogP contribution in [0.1, 0.15) is 61.0 Å². The molecule has 1 unspecified atom stereocenters. The Morgan fingerprint density at radius 1 is 1.16 bits per heavy atom. The Morgan fingerprint density at radius 2 is 1.87 bits per heavy atom. The number of aryl methyl sites for hydroxylation is 1. The lowest BCUT2D eigenvalue weighted by Crippen LogP contribution is -2.55. The second kappa shape index (κ2) is 11.6. The largest absolute Gasteiger partial charge is 0.483 e. The molecule has 11 heteroatoms. The molecule has 0 N–H and O–H groups in total. The molecule has 2 atom stereocenters. The third-order valence-electron chi connectivity index (χ3n) is 6.06. The average Bonchev–Trinajstić information content (AvgIpc) is 2.81. The minimum absolute atomic E-state index is 0.127. The van der Waals surface area contributed by atoms with Crippen LogP contribution in [0.3, 0.4) is 0 Å². The van der Waals surface area contributed by atoms with Gasteiger partial charge in [-0.1, -0.05) is 12.1 Å². The van der Waals surface area contributed by atoms with Crippen LogP contribution in [-0.4, -0.2) is 71.8 Å². The predicted molar refractivity (Wildman–Crippen MR) is 134 cm³/mol. The van der Waals surface area contributed by atoms with Gasteiger partial charge in [0, 0.05) is 32.2 Å². The van der Waals surface area contributed by atoms with E-state index in [1.54, 1.807) is 44.7 Å². The number of carbonyl (C=O) groups is 2. The lowest BCUT2D eigenvalue weighted by atomic mass is 10.0. The summed E-state index contributed by atoms with van der Waals surface area (Å²) in [4.78, 5) is 32.3. The summed E-state index contributed by atoms with van der Waals surface area (Å²) in [5.41, 5.74) is -0.413. The van der Waals surface area contributed by atoms with Crippen molar-refractivity contribution in [2.75, 3.05) is 33.3 Å². The van der Waals surface area contributed by atoms with E-state index in [1.807, 2.05) is 11.8 Å². The molecule has 8 nitrogen and oxygen atoms in total. The van der Waals surface area contributed by atoms with E-state index in [-0.39, 0.29) is 18.3 Å². The summed E-state index contributed by atoms with van der Waals surface area (Å²) in [5, 5.41) is 0. The third kappa shape index (κ3) is 7.59. The maximum atomic E-state index is 13.5. The lowest BCUT2D eigenvalue weighted by molar-refractivity contribution is -0.137. The molecule has 0 spiro atoms. The zero-order chi connectivity index (χ0) is 28.3. The topological polar surface area (TPSA) is 81.2 Å². The molecule has 1 aromatic carbocycles. The highest BCUT2D eigenvalue weighted by Crippen LogP contribution is 2.33. The minimum atomic E-state index is -4.51. The highest BCUT2D eigenvalue weighted by Gasteiger charge is 2.34. The maximum absolute atomic E-state index is 13.5. The Bertz CT molecular complexity index is 1150. The van der Waals surface area contributed by atoms with Crippen LogP contribution < -0.4 is 4.74 Å². The fraction of sp³-hybridized carbons (Fsp3) is 0.519. The number of esters is 1. The van der Waals surface area contributed by atoms with Crippen molar-refractivity contribution in [2.24, 2.45) is 0 Å². The zero-order valence-corrected chi connectivity index (χ0v) is 22.5. The fourth-order valence-corrected chi connectivity index (χ4v) is 4.24. The molecular formula is C27H34F3N3O5. The summed E-state index contributed by atoms with van der Waals surface area (Å²) >= 11 is 0. The van der Waals surface area contributed by atoms with Gasteiger partial charge in [-0.15, -0.1) is 0 Å². The third-order valence-corrected chi connectivity index (χ3v) is 6.06. The van der Waals surface area contributed by atoms with Crippen molar-refractivity contribution in [3.8, 4) is 5.75 Å². The smallest absolute Gasteiger partial charge is 0.416 e. The average molecular weight is 538 g/mol. The van der Waals surface area contributed by atoms with Crippen molar-refractivity contribution in [1.82, 2.24) is 14.8 Å². The maximum Gasteiger partial charge on any atom is 0.416 e. The van der Waals surface area contributed by atoms with Crippen molar-refractivity contribution >= 4 is 12.1 Å². The molecule has 38 heavy (non-hydrogen) atoms. The van der Waals surface area contributed by atoms with Crippen molar-refractivity contribution < 1.29 is 37.0 Å². The first kappa shape index (κ1) is 29.2. The van der Waals surface area contributed by atoms with Crippen LogP contribution in [0.4, 0.5) is 18.0 Å². The first-order valence-corrected chi connectivity index (χ1v) is 12.3. The first-order chi connectivity index (χ1) is 17.7. The number of alkyl halides is 3. The normalized spacial score (nSPS) is 17.6. The first-order valence-electron chi connectivity index (χ1n) is 12.3. The molecule has 2 aromatic rings. The number of hydrogen-bond donors (Lipinski definition) is 0. The van der Waals surface area contributed by atoms with E-state index in [2.05, 4.69) is 4.98 Å². The molecule has 1 aromatic heterocycles. The van der Waals surface area contributed by atoms with Crippen LogP contribution in [0, 0.1) is 6.92 Å². The quantitative estimate of drug-likeness (QED) is 0.465. The van der Waals surface area contributed by atoms with Crippen LogP contribution >= 0.6 is 0 Å². The standard InChI is InChI=1S/C27H34F3N3O5/c1-17-12-21(14-31-23(17)24(34)36-6)37-22(19-8-7-9-20(13-19)27(28,29)30)16-32-10-11-33(18(2)15-32)25(35)38-26(3,4)5/h7-9,12-14,18,22H,10-11,15-16H2,1-6H3/t18-,22?/m1/s1. The Hall–Kier alpha value is -3.34. The number of hydrogen-bond acceptors (Lipinski definition) is 7. The summed E-state index contributed by atoms with van der Waals surface area (Å²) in [6.45, 7) is 10.6. The summed E-state index contributed by atoms with van der Waals surface area (Å²) < 4.78 is 56.8. The number of methoxy groups -OCH3 is 1. The molecule has 0 saturated carbocycles. The second-order valence-corrected chi connectivity index (χ2v) is 10.3. The fourth-order valence-electron chi connectivity index (χ4n) is 4.24. The minimum Gasteiger partial charge on any atom is -0.483 e. The molecule has 1 amide bonds. The van der Waals surface area contributed by atoms with E-state index in [4.69, 9.17) is 14.2 Å². The van der Waals surface area contributed by atoms with E-state index >= 15 is 0 Å². The molecule has 1 saturated heterocycles. The van der Waals surface area contributed by atoms with Gasteiger partial charge in [0.05, 0.1) is 18.9 Å². The van der Waals surface area contributed by atoms with E-state index in [1.165, 1.54) is 19.4 Å². The van der Waals surface area contributed by atoms with Gasteiger partial charge >= 0.3 is 18.2 Å². The van der Waals surface area contributed by atoms with Crippen LogP contribution in [0.2, 0.25) is 0 Å². The molecule has 2 heterocycles. The van der Waals surface area contributed by atoms with E-state index in [0.717, 1.165) is 12.1 Å².